The maximum atomic E-state index is 4.29. The summed E-state index contributed by atoms with van der Waals surface area (Å²) in [5, 5.41) is 6.74. The van der Waals surface area contributed by atoms with Gasteiger partial charge in [-0.2, -0.15) is 0 Å². The fraction of sp³-hybridized carbons (Fsp3) is 0.600. The molecule has 1 aromatic rings. The summed E-state index contributed by atoms with van der Waals surface area (Å²) in [6.07, 6.45) is 7.16. The smallest absolute Gasteiger partial charge is 0.191 e. The Hall–Kier alpha value is -0.850. The minimum atomic E-state index is 0. The van der Waals surface area contributed by atoms with Crippen molar-refractivity contribution < 1.29 is 0 Å². The lowest BCUT2D eigenvalue weighted by Gasteiger charge is -2.25. The lowest BCUT2D eigenvalue weighted by atomic mass is 9.89. The van der Waals surface area contributed by atoms with E-state index >= 15 is 0 Å². The number of pyridine rings is 1. The van der Waals surface area contributed by atoms with Gasteiger partial charge in [0.1, 0.15) is 0 Å². The Kier molecular flexibility index (Phi) is 7.26. The normalized spacial score (nSPS) is 17.4. The molecule has 2 rings (SSSR count). The predicted octanol–water partition coefficient (Wildman–Crippen LogP) is 2.94. The molecular weight excluding hydrogens is 363 g/mol. The van der Waals surface area contributed by atoms with E-state index in [1.165, 1.54) is 25.7 Å². The molecule has 4 nitrogen and oxygen atoms in total. The molecule has 0 aliphatic heterocycles. The van der Waals surface area contributed by atoms with Gasteiger partial charge in [-0.25, -0.2) is 0 Å². The van der Waals surface area contributed by atoms with Crippen molar-refractivity contribution in [2.75, 3.05) is 13.6 Å². The van der Waals surface area contributed by atoms with Gasteiger partial charge in [0.05, 0.1) is 12.2 Å². The van der Waals surface area contributed by atoms with Gasteiger partial charge in [0.25, 0.3) is 0 Å². The molecule has 0 atom stereocenters. The highest BCUT2D eigenvalue weighted by Crippen LogP contribution is 2.36. The van der Waals surface area contributed by atoms with Crippen molar-refractivity contribution in [3.63, 3.8) is 0 Å². The van der Waals surface area contributed by atoms with Crippen molar-refractivity contribution in [3.8, 4) is 0 Å². The first-order valence-electron chi connectivity index (χ1n) is 7.06. The second-order valence-electron chi connectivity index (χ2n) is 5.62. The lowest BCUT2D eigenvalue weighted by Crippen LogP contribution is -2.41. The highest BCUT2D eigenvalue weighted by molar-refractivity contribution is 14.0. The summed E-state index contributed by atoms with van der Waals surface area (Å²) in [4.78, 5) is 8.55. The Bertz CT molecular complexity index is 413. The van der Waals surface area contributed by atoms with Crippen LogP contribution in [0.5, 0.6) is 0 Å². The fourth-order valence-corrected chi connectivity index (χ4v) is 2.60. The number of hydrogen-bond donors (Lipinski definition) is 2. The molecule has 0 bridgehead atoms. The molecule has 112 valence electrons. The van der Waals surface area contributed by atoms with E-state index in [0.29, 0.717) is 12.0 Å². The van der Waals surface area contributed by atoms with E-state index in [9.17, 15) is 0 Å². The van der Waals surface area contributed by atoms with Gasteiger partial charge in [0.2, 0.25) is 0 Å². The lowest BCUT2D eigenvalue weighted by molar-refractivity contribution is 0.334. The summed E-state index contributed by atoms with van der Waals surface area (Å²) in [5.74, 6) is 0.860. The molecule has 1 aromatic heterocycles. The second kappa shape index (κ2) is 8.44. The van der Waals surface area contributed by atoms with E-state index in [2.05, 4.69) is 27.5 Å². The van der Waals surface area contributed by atoms with Crippen LogP contribution in [0.3, 0.4) is 0 Å². The predicted molar refractivity (Wildman–Crippen MR) is 94.4 cm³/mol. The zero-order chi connectivity index (χ0) is 13.6. The number of aliphatic imine (C=N–C) groups is 1. The Morgan fingerprint density at radius 3 is 2.65 bits per heavy atom. The van der Waals surface area contributed by atoms with Crippen LogP contribution in [0.4, 0.5) is 0 Å². The summed E-state index contributed by atoms with van der Waals surface area (Å²) in [6.45, 7) is 4.06. The number of nitrogens with zero attached hydrogens (tertiary/aromatic N) is 2. The summed E-state index contributed by atoms with van der Waals surface area (Å²) < 4.78 is 0. The zero-order valence-corrected chi connectivity index (χ0v) is 14.7. The average Bonchev–Trinajstić information content (AvgIpc) is 2.87. The third-order valence-corrected chi connectivity index (χ3v) is 3.88. The van der Waals surface area contributed by atoms with Crippen molar-refractivity contribution in [2.45, 2.75) is 39.2 Å². The molecule has 2 N–H and O–H groups in total. The molecule has 0 saturated heterocycles. The van der Waals surface area contributed by atoms with E-state index in [1.54, 1.807) is 0 Å². The fourth-order valence-electron chi connectivity index (χ4n) is 2.60. The first-order chi connectivity index (χ1) is 9.22. The monoisotopic (exact) mass is 388 g/mol. The molecule has 0 radical (unpaired) electrons. The van der Waals surface area contributed by atoms with Crippen LogP contribution in [0.25, 0.3) is 0 Å². The average molecular weight is 388 g/mol. The molecule has 0 amide bonds. The van der Waals surface area contributed by atoms with Crippen molar-refractivity contribution in [3.05, 3.63) is 30.1 Å². The van der Waals surface area contributed by atoms with Crippen LogP contribution in [-0.4, -0.2) is 24.5 Å². The topological polar surface area (TPSA) is 49.3 Å². The van der Waals surface area contributed by atoms with Gasteiger partial charge < -0.3 is 10.6 Å². The van der Waals surface area contributed by atoms with Gasteiger partial charge in [0.15, 0.2) is 5.96 Å². The van der Waals surface area contributed by atoms with E-state index in [4.69, 9.17) is 0 Å². The summed E-state index contributed by atoms with van der Waals surface area (Å²) in [6, 6.07) is 5.94. The molecule has 5 heteroatoms. The maximum absolute atomic E-state index is 4.29. The van der Waals surface area contributed by atoms with Gasteiger partial charge in [-0.3, -0.25) is 9.98 Å². The minimum Gasteiger partial charge on any atom is -0.356 e. The van der Waals surface area contributed by atoms with Crippen LogP contribution < -0.4 is 10.6 Å². The second-order valence-corrected chi connectivity index (χ2v) is 5.62. The molecule has 20 heavy (non-hydrogen) atoms. The molecule has 0 unspecified atom stereocenters. The van der Waals surface area contributed by atoms with Gasteiger partial charge in [-0.1, -0.05) is 25.8 Å². The molecule has 1 saturated carbocycles. The van der Waals surface area contributed by atoms with Crippen LogP contribution in [-0.2, 0) is 6.54 Å². The third-order valence-electron chi connectivity index (χ3n) is 3.88. The highest BCUT2D eigenvalue weighted by Gasteiger charge is 2.28. The van der Waals surface area contributed by atoms with Crippen LogP contribution >= 0.6 is 24.0 Å². The summed E-state index contributed by atoms with van der Waals surface area (Å²) in [7, 11) is 1.81. The molecule has 0 spiro atoms. The number of rotatable bonds is 4. The van der Waals surface area contributed by atoms with E-state index in [-0.39, 0.29) is 24.0 Å². The number of halogens is 1. The van der Waals surface area contributed by atoms with Crippen LogP contribution in [0.15, 0.2) is 29.4 Å². The van der Waals surface area contributed by atoms with Crippen LogP contribution in [0.2, 0.25) is 0 Å². The molecule has 1 fully saturated rings. The quantitative estimate of drug-likeness (QED) is 0.474. The maximum Gasteiger partial charge on any atom is 0.191 e. The number of aromatic nitrogens is 1. The first kappa shape index (κ1) is 17.2. The Labute approximate surface area is 138 Å². The SMILES string of the molecule is CN=C(NCc1ccccn1)NCC1(C)CCCC1.I. The van der Waals surface area contributed by atoms with Crippen molar-refractivity contribution in [1.82, 2.24) is 15.6 Å². The van der Waals surface area contributed by atoms with Crippen molar-refractivity contribution in [2.24, 2.45) is 10.4 Å². The number of hydrogen-bond acceptors (Lipinski definition) is 2. The molecule has 1 aliphatic rings. The van der Waals surface area contributed by atoms with Crippen molar-refractivity contribution in [1.29, 1.82) is 0 Å². The largest absolute Gasteiger partial charge is 0.356 e. The molecule has 1 aliphatic carbocycles. The van der Waals surface area contributed by atoms with Crippen molar-refractivity contribution >= 4 is 29.9 Å². The van der Waals surface area contributed by atoms with Crippen LogP contribution in [0.1, 0.15) is 38.3 Å². The molecule has 0 aromatic carbocycles. The number of guanidine groups is 1. The van der Waals surface area contributed by atoms with Crippen LogP contribution in [0, 0.1) is 5.41 Å². The Morgan fingerprint density at radius 1 is 1.30 bits per heavy atom. The zero-order valence-electron chi connectivity index (χ0n) is 12.4. The summed E-state index contributed by atoms with van der Waals surface area (Å²) in [5.41, 5.74) is 1.46. The van der Waals surface area contributed by atoms with Gasteiger partial charge in [0, 0.05) is 19.8 Å². The Morgan fingerprint density at radius 2 is 2.05 bits per heavy atom. The van der Waals surface area contributed by atoms with Gasteiger partial charge >= 0.3 is 0 Å². The molecule has 1 heterocycles. The minimum absolute atomic E-state index is 0. The van der Waals surface area contributed by atoms with E-state index < -0.39 is 0 Å². The van der Waals surface area contributed by atoms with E-state index in [0.717, 1.165) is 18.2 Å². The standard InChI is InChI=1S/C15H24N4.HI/c1-15(8-4-5-9-15)12-19-14(16-2)18-11-13-7-3-6-10-17-13;/h3,6-7,10H,4-5,8-9,11-12H2,1-2H3,(H2,16,18,19);1H. The van der Waals surface area contributed by atoms with E-state index in [1.807, 2.05) is 31.4 Å². The highest BCUT2D eigenvalue weighted by atomic mass is 127. The van der Waals surface area contributed by atoms with Gasteiger partial charge in [-0.15, -0.1) is 24.0 Å². The Balaban J connectivity index is 0.00000200. The first-order valence-corrected chi connectivity index (χ1v) is 7.06. The number of nitrogens with one attached hydrogen (secondary N) is 2. The van der Waals surface area contributed by atoms with Gasteiger partial charge in [-0.05, 0) is 30.4 Å². The third kappa shape index (κ3) is 5.26. The summed E-state index contributed by atoms with van der Waals surface area (Å²) >= 11 is 0. The molecular formula is C15H25IN4.